The lowest BCUT2D eigenvalue weighted by Gasteiger charge is -2.35. The molecule has 1 aliphatic heterocycles. The number of hydrogen-bond acceptors (Lipinski definition) is 4. The van der Waals surface area contributed by atoms with Crippen LogP contribution in [-0.2, 0) is 20.6 Å². The fourth-order valence-corrected chi connectivity index (χ4v) is 4.70. The van der Waals surface area contributed by atoms with Crippen LogP contribution in [0.3, 0.4) is 0 Å². The highest BCUT2D eigenvalue weighted by Crippen LogP contribution is 2.16. The Balaban J connectivity index is 1.53. The average molecular weight is 405 g/mol. The summed E-state index contributed by atoms with van der Waals surface area (Å²) in [6.45, 7) is 1.47. The largest absolute Gasteiger partial charge is 0.365 e. The summed E-state index contributed by atoms with van der Waals surface area (Å²) in [7, 11) is -1.64. The second kappa shape index (κ2) is 8.70. The number of anilines is 1. The highest BCUT2D eigenvalue weighted by Gasteiger charge is 2.29. The molecule has 1 aliphatic rings. The van der Waals surface area contributed by atoms with Gasteiger partial charge in [-0.2, -0.15) is 4.31 Å². The topological polar surface area (TPSA) is 60.9 Å². The van der Waals surface area contributed by atoms with Gasteiger partial charge in [0, 0.05) is 38.9 Å². The van der Waals surface area contributed by atoms with Gasteiger partial charge in [-0.25, -0.2) is 12.8 Å². The number of nitrogens with zero attached hydrogens (tertiary/aromatic N) is 3. The number of rotatable bonds is 6. The van der Waals surface area contributed by atoms with Crippen LogP contribution in [0.25, 0.3) is 0 Å². The highest BCUT2D eigenvalue weighted by molar-refractivity contribution is 7.88. The van der Waals surface area contributed by atoms with Crippen LogP contribution >= 0.6 is 0 Å². The van der Waals surface area contributed by atoms with E-state index in [4.69, 9.17) is 0 Å². The van der Waals surface area contributed by atoms with Crippen LogP contribution in [0.5, 0.6) is 0 Å². The molecule has 3 rings (SSSR count). The average Bonchev–Trinajstić information content (AvgIpc) is 2.69. The zero-order valence-corrected chi connectivity index (χ0v) is 16.6. The van der Waals surface area contributed by atoms with Crippen molar-refractivity contribution in [2.45, 2.75) is 5.75 Å². The third-order valence-electron chi connectivity index (χ3n) is 4.82. The molecule has 0 bridgehead atoms. The second-order valence-electron chi connectivity index (χ2n) is 6.85. The molecule has 1 amide bonds. The van der Waals surface area contributed by atoms with Crippen LogP contribution in [0.1, 0.15) is 5.56 Å². The summed E-state index contributed by atoms with van der Waals surface area (Å²) in [4.78, 5) is 16.0. The Labute approximate surface area is 165 Å². The molecule has 0 aromatic heterocycles. The van der Waals surface area contributed by atoms with Crippen molar-refractivity contribution in [2.75, 3.05) is 44.7 Å². The number of benzene rings is 2. The SMILES string of the molecule is CN(CC(=O)N1CCN(S(=O)(=O)Cc2ccccc2)CC1)c1ccc(F)cc1. The minimum atomic E-state index is -3.41. The van der Waals surface area contributed by atoms with E-state index in [2.05, 4.69) is 0 Å². The van der Waals surface area contributed by atoms with E-state index >= 15 is 0 Å². The van der Waals surface area contributed by atoms with E-state index in [-0.39, 0.29) is 24.0 Å². The zero-order chi connectivity index (χ0) is 20.1. The molecule has 28 heavy (non-hydrogen) atoms. The predicted octanol–water partition coefficient (Wildman–Crippen LogP) is 1.94. The Kier molecular flexibility index (Phi) is 6.31. The molecule has 150 valence electrons. The van der Waals surface area contributed by atoms with Crippen molar-refractivity contribution in [1.82, 2.24) is 9.21 Å². The molecule has 2 aromatic rings. The van der Waals surface area contributed by atoms with Crippen LogP contribution in [0, 0.1) is 5.82 Å². The van der Waals surface area contributed by atoms with Gasteiger partial charge >= 0.3 is 0 Å². The molecule has 0 atom stereocenters. The van der Waals surface area contributed by atoms with Gasteiger partial charge in [-0.05, 0) is 29.8 Å². The van der Waals surface area contributed by atoms with E-state index in [9.17, 15) is 17.6 Å². The lowest BCUT2D eigenvalue weighted by Crippen LogP contribution is -2.52. The molecular formula is C20H24FN3O3S. The molecule has 1 saturated heterocycles. The summed E-state index contributed by atoms with van der Waals surface area (Å²) < 4.78 is 39.7. The molecule has 6 nitrogen and oxygen atoms in total. The lowest BCUT2D eigenvalue weighted by atomic mass is 10.2. The van der Waals surface area contributed by atoms with Crippen molar-refractivity contribution >= 4 is 21.6 Å². The minimum Gasteiger partial charge on any atom is -0.365 e. The molecule has 0 saturated carbocycles. The van der Waals surface area contributed by atoms with Gasteiger partial charge in [-0.1, -0.05) is 30.3 Å². The fraction of sp³-hybridized carbons (Fsp3) is 0.350. The molecule has 1 fully saturated rings. The summed E-state index contributed by atoms with van der Waals surface area (Å²) in [5, 5.41) is 0. The summed E-state index contributed by atoms with van der Waals surface area (Å²) >= 11 is 0. The normalized spacial score (nSPS) is 15.4. The number of likely N-dealkylation sites (N-methyl/N-ethyl adjacent to an activating group) is 1. The number of carbonyl (C=O) groups is 1. The molecule has 0 spiro atoms. The van der Waals surface area contributed by atoms with Crippen molar-refractivity contribution < 1.29 is 17.6 Å². The molecular weight excluding hydrogens is 381 g/mol. The van der Waals surface area contributed by atoms with Crippen LogP contribution < -0.4 is 4.90 Å². The van der Waals surface area contributed by atoms with Crippen molar-refractivity contribution in [3.05, 3.63) is 66.0 Å². The maximum Gasteiger partial charge on any atom is 0.242 e. The standard InChI is InChI=1S/C20H24FN3O3S/c1-22(19-9-7-18(21)8-10-19)15-20(25)23-11-13-24(14-12-23)28(26,27)16-17-5-3-2-4-6-17/h2-10H,11-16H2,1H3. The van der Waals surface area contributed by atoms with Crippen molar-refractivity contribution in [3.63, 3.8) is 0 Å². The van der Waals surface area contributed by atoms with Crippen LogP contribution in [-0.4, -0.2) is 63.3 Å². The highest BCUT2D eigenvalue weighted by atomic mass is 32.2. The third-order valence-corrected chi connectivity index (χ3v) is 6.67. The summed E-state index contributed by atoms with van der Waals surface area (Å²) in [5.74, 6) is -0.432. The van der Waals surface area contributed by atoms with Gasteiger partial charge in [0.05, 0.1) is 12.3 Å². The lowest BCUT2D eigenvalue weighted by molar-refractivity contribution is -0.130. The maximum atomic E-state index is 13.0. The van der Waals surface area contributed by atoms with E-state index in [0.29, 0.717) is 26.2 Å². The Morgan fingerprint density at radius 1 is 1.00 bits per heavy atom. The number of hydrogen-bond donors (Lipinski definition) is 0. The molecule has 0 unspecified atom stereocenters. The minimum absolute atomic E-state index is 0.0326. The second-order valence-corrected chi connectivity index (χ2v) is 8.82. The van der Waals surface area contributed by atoms with E-state index < -0.39 is 10.0 Å². The van der Waals surface area contributed by atoms with Crippen LogP contribution in [0.15, 0.2) is 54.6 Å². The Hall–Kier alpha value is -2.45. The quantitative estimate of drug-likeness (QED) is 0.737. The zero-order valence-electron chi connectivity index (χ0n) is 15.8. The molecule has 8 heteroatoms. The van der Waals surface area contributed by atoms with Crippen LogP contribution in [0.2, 0.25) is 0 Å². The van der Waals surface area contributed by atoms with Gasteiger partial charge in [0.1, 0.15) is 5.82 Å². The van der Waals surface area contributed by atoms with Gasteiger partial charge in [0.2, 0.25) is 15.9 Å². The maximum absolute atomic E-state index is 13.0. The number of halogens is 1. The summed E-state index contributed by atoms with van der Waals surface area (Å²) in [6.07, 6.45) is 0. The smallest absolute Gasteiger partial charge is 0.242 e. The van der Waals surface area contributed by atoms with E-state index in [1.165, 1.54) is 16.4 Å². The van der Waals surface area contributed by atoms with Crippen molar-refractivity contribution in [2.24, 2.45) is 0 Å². The van der Waals surface area contributed by atoms with E-state index in [1.807, 2.05) is 18.2 Å². The first-order valence-corrected chi connectivity index (χ1v) is 10.7. The summed E-state index contributed by atoms with van der Waals surface area (Å²) in [5.41, 5.74) is 1.50. The van der Waals surface area contributed by atoms with Gasteiger partial charge in [-0.3, -0.25) is 4.79 Å². The monoisotopic (exact) mass is 405 g/mol. The van der Waals surface area contributed by atoms with Crippen LogP contribution in [0.4, 0.5) is 10.1 Å². The molecule has 0 N–H and O–H groups in total. The first-order valence-electron chi connectivity index (χ1n) is 9.11. The fourth-order valence-electron chi connectivity index (χ4n) is 3.18. The third kappa shape index (κ3) is 5.08. The number of piperazine rings is 1. The van der Waals surface area contributed by atoms with E-state index in [1.54, 1.807) is 41.1 Å². The Morgan fingerprint density at radius 3 is 2.21 bits per heavy atom. The van der Waals surface area contributed by atoms with E-state index in [0.717, 1.165) is 11.3 Å². The first kappa shape index (κ1) is 20.3. The Bertz CT molecular complexity index is 896. The molecule has 1 heterocycles. The van der Waals surface area contributed by atoms with Gasteiger partial charge in [0.25, 0.3) is 0 Å². The molecule has 0 radical (unpaired) electrons. The van der Waals surface area contributed by atoms with Crippen molar-refractivity contribution in [3.8, 4) is 0 Å². The first-order chi connectivity index (χ1) is 13.3. The molecule has 0 aliphatic carbocycles. The van der Waals surface area contributed by atoms with Gasteiger partial charge in [0.15, 0.2) is 0 Å². The van der Waals surface area contributed by atoms with Gasteiger partial charge in [-0.15, -0.1) is 0 Å². The number of amides is 1. The summed E-state index contributed by atoms with van der Waals surface area (Å²) in [6, 6.07) is 15.0. The Morgan fingerprint density at radius 2 is 1.61 bits per heavy atom. The van der Waals surface area contributed by atoms with Gasteiger partial charge < -0.3 is 9.80 Å². The number of sulfonamides is 1. The predicted molar refractivity (Wildman–Crippen MR) is 107 cm³/mol. The number of carbonyl (C=O) groups excluding carboxylic acids is 1. The molecule has 2 aromatic carbocycles. The van der Waals surface area contributed by atoms with Crippen molar-refractivity contribution in [1.29, 1.82) is 0 Å².